The van der Waals surface area contributed by atoms with Crippen molar-refractivity contribution >= 4 is 0 Å². The van der Waals surface area contributed by atoms with Crippen LogP contribution < -0.4 is 0 Å². The van der Waals surface area contributed by atoms with Gasteiger partial charge in [-0.1, -0.05) is 19.9 Å². The average Bonchev–Trinajstić information content (AvgIpc) is 2.03. The summed E-state index contributed by atoms with van der Waals surface area (Å²) in [6.07, 6.45) is 0. The van der Waals surface area contributed by atoms with E-state index in [4.69, 9.17) is 5.26 Å². The van der Waals surface area contributed by atoms with Crippen molar-refractivity contribution in [2.45, 2.75) is 26.7 Å². The Morgan fingerprint density at radius 1 is 1.25 bits per heavy atom. The Labute approximate surface area is 73.6 Å². The Morgan fingerprint density at radius 3 is 2.42 bits per heavy atom. The van der Waals surface area contributed by atoms with Gasteiger partial charge in [-0.3, -0.25) is 0 Å². The molecular weight excluding hydrogens is 146 g/mol. The number of nitrogens with zero attached hydrogens (tertiary/aromatic N) is 1. The standard InChI is InChI=1S/C11H13N/c1-8(2)11-5-9(3)4-10(6-11)7-12/h4-6,8H,1-3H3. The van der Waals surface area contributed by atoms with E-state index >= 15 is 0 Å². The molecule has 0 aliphatic rings. The summed E-state index contributed by atoms with van der Waals surface area (Å²) in [5, 5.41) is 8.72. The van der Waals surface area contributed by atoms with Crippen LogP contribution in [0.5, 0.6) is 0 Å². The third-order valence-electron chi connectivity index (χ3n) is 1.90. The molecule has 12 heavy (non-hydrogen) atoms. The molecule has 0 N–H and O–H groups in total. The number of aryl methyl sites for hydroxylation is 1. The van der Waals surface area contributed by atoms with Gasteiger partial charge in [0.2, 0.25) is 0 Å². The normalized spacial score (nSPS) is 9.92. The molecule has 1 nitrogen and oxygen atoms in total. The van der Waals surface area contributed by atoms with Gasteiger partial charge in [0.1, 0.15) is 0 Å². The quantitative estimate of drug-likeness (QED) is 0.618. The highest BCUT2D eigenvalue weighted by molar-refractivity contribution is 5.37. The summed E-state index contributed by atoms with van der Waals surface area (Å²) in [7, 11) is 0. The molecule has 0 saturated carbocycles. The monoisotopic (exact) mass is 159 g/mol. The molecule has 0 unspecified atom stereocenters. The van der Waals surface area contributed by atoms with Crippen LogP contribution in [-0.2, 0) is 0 Å². The second-order valence-corrected chi connectivity index (χ2v) is 3.40. The second-order valence-electron chi connectivity index (χ2n) is 3.40. The van der Waals surface area contributed by atoms with Gasteiger partial charge in [-0.15, -0.1) is 0 Å². The number of hydrogen-bond acceptors (Lipinski definition) is 1. The largest absolute Gasteiger partial charge is 0.192 e. The highest BCUT2D eigenvalue weighted by atomic mass is 14.2. The van der Waals surface area contributed by atoms with Crippen LogP contribution in [0.1, 0.15) is 36.5 Å². The van der Waals surface area contributed by atoms with E-state index in [0.717, 1.165) is 11.1 Å². The van der Waals surface area contributed by atoms with Gasteiger partial charge >= 0.3 is 0 Å². The van der Waals surface area contributed by atoms with Crippen LogP contribution in [0.15, 0.2) is 18.2 Å². The van der Waals surface area contributed by atoms with Crippen molar-refractivity contribution < 1.29 is 0 Å². The van der Waals surface area contributed by atoms with E-state index in [1.54, 1.807) is 0 Å². The highest BCUT2D eigenvalue weighted by Crippen LogP contribution is 2.17. The van der Waals surface area contributed by atoms with Crippen molar-refractivity contribution in [2.75, 3.05) is 0 Å². The van der Waals surface area contributed by atoms with Crippen molar-refractivity contribution in [3.8, 4) is 6.07 Å². The fourth-order valence-corrected chi connectivity index (χ4v) is 1.21. The smallest absolute Gasteiger partial charge is 0.0991 e. The SMILES string of the molecule is Cc1cc(C#N)cc(C(C)C)c1. The average molecular weight is 159 g/mol. The van der Waals surface area contributed by atoms with Crippen LogP contribution in [0.2, 0.25) is 0 Å². The van der Waals surface area contributed by atoms with E-state index in [-0.39, 0.29) is 0 Å². The molecule has 0 atom stereocenters. The van der Waals surface area contributed by atoms with Crippen LogP contribution in [0.4, 0.5) is 0 Å². The lowest BCUT2D eigenvalue weighted by Crippen LogP contribution is -1.89. The first-order valence-corrected chi connectivity index (χ1v) is 4.15. The molecule has 0 bridgehead atoms. The van der Waals surface area contributed by atoms with Crippen molar-refractivity contribution in [3.05, 3.63) is 34.9 Å². The topological polar surface area (TPSA) is 23.8 Å². The molecule has 0 amide bonds. The maximum Gasteiger partial charge on any atom is 0.0991 e. The first kappa shape index (κ1) is 8.80. The van der Waals surface area contributed by atoms with Gasteiger partial charge in [0, 0.05) is 0 Å². The molecule has 0 radical (unpaired) electrons. The van der Waals surface area contributed by atoms with Gasteiger partial charge in [0.25, 0.3) is 0 Å². The second kappa shape index (κ2) is 3.40. The molecule has 0 heterocycles. The van der Waals surface area contributed by atoms with E-state index in [9.17, 15) is 0 Å². The summed E-state index contributed by atoms with van der Waals surface area (Å²) >= 11 is 0. The summed E-state index contributed by atoms with van der Waals surface area (Å²) in [5.41, 5.74) is 3.17. The Balaban J connectivity index is 3.17. The first-order valence-electron chi connectivity index (χ1n) is 4.15. The van der Waals surface area contributed by atoms with Gasteiger partial charge < -0.3 is 0 Å². The number of hydrogen-bond donors (Lipinski definition) is 0. The molecular formula is C11H13N. The molecule has 0 aliphatic carbocycles. The molecule has 0 aliphatic heterocycles. The highest BCUT2D eigenvalue weighted by Gasteiger charge is 2.01. The van der Waals surface area contributed by atoms with Crippen molar-refractivity contribution in [3.63, 3.8) is 0 Å². The zero-order valence-corrected chi connectivity index (χ0v) is 7.76. The van der Waals surface area contributed by atoms with E-state index in [0.29, 0.717) is 5.92 Å². The zero-order valence-electron chi connectivity index (χ0n) is 7.76. The number of rotatable bonds is 1. The first-order chi connectivity index (χ1) is 5.63. The summed E-state index contributed by atoms with van der Waals surface area (Å²) in [6, 6.07) is 8.16. The lowest BCUT2D eigenvalue weighted by molar-refractivity contribution is 0.864. The van der Waals surface area contributed by atoms with Crippen LogP contribution in [0.3, 0.4) is 0 Å². The molecule has 1 aromatic carbocycles. The Morgan fingerprint density at radius 2 is 1.92 bits per heavy atom. The molecule has 1 heteroatoms. The van der Waals surface area contributed by atoms with Crippen LogP contribution in [0.25, 0.3) is 0 Å². The third kappa shape index (κ3) is 1.85. The summed E-state index contributed by atoms with van der Waals surface area (Å²) < 4.78 is 0. The molecule has 1 aromatic rings. The molecule has 0 fully saturated rings. The van der Waals surface area contributed by atoms with Crippen molar-refractivity contribution in [1.82, 2.24) is 0 Å². The van der Waals surface area contributed by atoms with Gasteiger partial charge in [0.05, 0.1) is 11.6 Å². The zero-order chi connectivity index (χ0) is 9.14. The lowest BCUT2D eigenvalue weighted by Gasteiger charge is -2.06. The van der Waals surface area contributed by atoms with Crippen LogP contribution in [-0.4, -0.2) is 0 Å². The van der Waals surface area contributed by atoms with Gasteiger partial charge in [-0.05, 0) is 36.1 Å². The maximum atomic E-state index is 8.72. The Bertz CT molecular complexity index is 318. The van der Waals surface area contributed by atoms with Gasteiger partial charge in [-0.25, -0.2) is 0 Å². The minimum absolute atomic E-state index is 0.497. The predicted octanol–water partition coefficient (Wildman–Crippen LogP) is 2.99. The van der Waals surface area contributed by atoms with E-state index < -0.39 is 0 Å². The predicted molar refractivity (Wildman–Crippen MR) is 50.0 cm³/mol. The number of benzene rings is 1. The Kier molecular flexibility index (Phi) is 2.50. The van der Waals surface area contributed by atoms with Gasteiger partial charge in [0.15, 0.2) is 0 Å². The van der Waals surface area contributed by atoms with Crippen LogP contribution in [0, 0.1) is 18.3 Å². The van der Waals surface area contributed by atoms with Gasteiger partial charge in [-0.2, -0.15) is 5.26 Å². The van der Waals surface area contributed by atoms with E-state index in [2.05, 4.69) is 26.0 Å². The summed E-state index contributed by atoms with van der Waals surface area (Å²) in [6.45, 7) is 6.29. The molecule has 1 rings (SSSR count). The maximum absolute atomic E-state index is 8.72. The van der Waals surface area contributed by atoms with Crippen molar-refractivity contribution in [2.24, 2.45) is 0 Å². The lowest BCUT2D eigenvalue weighted by atomic mass is 9.99. The minimum atomic E-state index is 0.497. The Hall–Kier alpha value is -1.29. The molecule has 0 aromatic heterocycles. The molecule has 62 valence electrons. The summed E-state index contributed by atoms with van der Waals surface area (Å²) in [5.74, 6) is 0.497. The van der Waals surface area contributed by atoms with E-state index in [1.165, 1.54) is 5.56 Å². The van der Waals surface area contributed by atoms with Crippen molar-refractivity contribution in [1.29, 1.82) is 5.26 Å². The fourth-order valence-electron chi connectivity index (χ4n) is 1.21. The van der Waals surface area contributed by atoms with E-state index in [1.807, 2.05) is 19.1 Å². The third-order valence-corrected chi connectivity index (χ3v) is 1.90. The fraction of sp³-hybridized carbons (Fsp3) is 0.364. The van der Waals surface area contributed by atoms with Crippen LogP contribution >= 0.6 is 0 Å². The minimum Gasteiger partial charge on any atom is -0.192 e. The molecule has 0 spiro atoms. The molecule has 0 saturated heterocycles. The number of nitriles is 1. The summed E-state index contributed by atoms with van der Waals surface area (Å²) in [4.78, 5) is 0.